The highest BCUT2D eigenvalue weighted by molar-refractivity contribution is 5.61. The lowest BCUT2D eigenvalue weighted by Crippen LogP contribution is -1.94. The zero-order valence-corrected chi connectivity index (χ0v) is 7.94. The monoisotopic (exact) mass is 203 g/mol. The molecule has 1 heterocycles. The van der Waals surface area contributed by atoms with Gasteiger partial charge in [-0.3, -0.25) is 4.98 Å². The van der Waals surface area contributed by atoms with Crippen molar-refractivity contribution in [1.82, 2.24) is 4.98 Å². The van der Waals surface area contributed by atoms with Crippen molar-refractivity contribution in [1.29, 1.82) is 0 Å². The zero-order valence-electron chi connectivity index (χ0n) is 7.94. The Morgan fingerprint density at radius 3 is 2.47 bits per heavy atom. The first-order valence-corrected chi connectivity index (χ1v) is 4.48. The van der Waals surface area contributed by atoms with E-state index >= 15 is 0 Å². The number of hydrogen-bond donors (Lipinski definition) is 2. The maximum Gasteiger partial charge on any atom is 0.148 e. The summed E-state index contributed by atoms with van der Waals surface area (Å²) in [7, 11) is 0. The van der Waals surface area contributed by atoms with E-state index in [1.807, 2.05) is 0 Å². The van der Waals surface area contributed by atoms with Crippen molar-refractivity contribution in [2.75, 3.05) is 11.1 Å². The molecular weight excluding hydrogens is 193 g/mol. The van der Waals surface area contributed by atoms with E-state index < -0.39 is 5.82 Å². The predicted octanol–water partition coefficient (Wildman–Crippen LogP) is 2.55. The molecule has 4 heteroatoms. The molecule has 2 rings (SSSR count). The van der Waals surface area contributed by atoms with E-state index in [9.17, 15) is 4.39 Å². The van der Waals surface area contributed by atoms with Crippen LogP contribution in [0.1, 0.15) is 0 Å². The molecule has 76 valence electrons. The lowest BCUT2D eigenvalue weighted by molar-refractivity contribution is 0.633. The van der Waals surface area contributed by atoms with Gasteiger partial charge in [-0.2, -0.15) is 0 Å². The molecule has 0 aliphatic rings. The van der Waals surface area contributed by atoms with Crippen molar-refractivity contribution >= 4 is 17.1 Å². The largest absolute Gasteiger partial charge is 0.396 e. The summed E-state index contributed by atoms with van der Waals surface area (Å²) in [6.07, 6.45) is 3.33. The first-order chi connectivity index (χ1) is 7.25. The normalized spacial score (nSPS) is 9.93. The average Bonchev–Trinajstić information content (AvgIpc) is 2.25. The number of aromatic nitrogens is 1. The van der Waals surface area contributed by atoms with E-state index in [4.69, 9.17) is 5.73 Å². The second-order valence-corrected chi connectivity index (χ2v) is 3.10. The van der Waals surface area contributed by atoms with Crippen LogP contribution in [0.25, 0.3) is 0 Å². The van der Waals surface area contributed by atoms with E-state index in [-0.39, 0.29) is 5.69 Å². The van der Waals surface area contributed by atoms with Crippen LogP contribution in [-0.4, -0.2) is 4.98 Å². The fourth-order valence-electron chi connectivity index (χ4n) is 1.21. The summed E-state index contributed by atoms with van der Waals surface area (Å²) in [6, 6.07) is 8.20. The molecule has 0 atom stereocenters. The van der Waals surface area contributed by atoms with Crippen LogP contribution in [0.5, 0.6) is 0 Å². The fraction of sp³-hybridized carbons (Fsp3) is 0. The average molecular weight is 203 g/mol. The Bertz CT molecular complexity index is 457. The SMILES string of the molecule is Nc1ccc(Nc2ccncc2)cc1F. The van der Waals surface area contributed by atoms with Crippen LogP contribution in [0.2, 0.25) is 0 Å². The third kappa shape index (κ3) is 2.22. The summed E-state index contributed by atoms with van der Waals surface area (Å²) in [4.78, 5) is 3.88. The van der Waals surface area contributed by atoms with Gasteiger partial charge in [-0.05, 0) is 30.3 Å². The summed E-state index contributed by atoms with van der Waals surface area (Å²) in [5.74, 6) is -0.422. The highest BCUT2D eigenvalue weighted by Gasteiger charge is 1.99. The van der Waals surface area contributed by atoms with Crippen LogP contribution in [0, 0.1) is 5.82 Å². The molecule has 3 nitrogen and oxygen atoms in total. The maximum absolute atomic E-state index is 13.1. The van der Waals surface area contributed by atoms with Gasteiger partial charge in [-0.15, -0.1) is 0 Å². The van der Waals surface area contributed by atoms with E-state index in [1.54, 1.807) is 30.6 Å². The molecule has 3 N–H and O–H groups in total. The molecule has 0 radical (unpaired) electrons. The summed E-state index contributed by atoms with van der Waals surface area (Å²) in [6.45, 7) is 0. The first kappa shape index (κ1) is 9.45. The van der Waals surface area contributed by atoms with E-state index in [0.717, 1.165) is 5.69 Å². The molecule has 1 aromatic heterocycles. The third-order valence-corrected chi connectivity index (χ3v) is 1.97. The highest BCUT2D eigenvalue weighted by Crippen LogP contribution is 2.19. The number of pyridine rings is 1. The van der Waals surface area contributed by atoms with Gasteiger partial charge >= 0.3 is 0 Å². The molecular formula is C11H10FN3. The van der Waals surface area contributed by atoms with Crippen molar-refractivity contribution < 1.29 is 4.39 Å². The summed E-state index contributed by atoms with van der Waals surface area (Å²) < 4.78 is 13.1. The minimum absolute atomic E-state index is 0.148. The Kier molecular flexibility index (Phi) is 2.49. The molecule has 0 saturated carbocycles. The number of anilines is 3. The van der Waals surface area contributed by atoms with Crippen LogP contribution in [0.4, 0.5) is 21.5 Å². The van der Waals surface area contributed by atoms with Gasteiger partial charge in [0.25, 0.3) is 0 Å². The molecule has 0 aliphatic carbocycles. The molecule has 0 saturated heterocycles. The van der Waals surface area contributed by atoms with Crippen molar-refractivity contribution in [3.05, 3.63) is 48.5 Å². The Hall–Kier alpha value is -2.10. The molecule has 0 aliphatic heterocycles. The Morgan fingerprint density at radius 1 is 1.07 bits per heavy atom. The van der Waals surface area contributed by atoms with Crippen LogP contribution < -0.4 is 11.1 Å². The maximum atomic E-state index is 13.1. The second kappa shape index (κ2) is 3.96. The van der Waals surface area contributed by atoms with Crippen LogP contribution in [0.3, 0.4) is 0 Å². The number of rotatable bonds is 2. The van der Waals surface area contributed by atoms with Crippen molar-refractivity contribution in [3.63, 3.8) is 0 Å². The minimum atomic E-state index is -0.422. The minimum Gasteiger partial charge on any atom is -0.396 e. The summed E-state index contributed by atoms with van der Waals surface area (Å²) in [5.41, 5.74) is 7.03. The lowest BCUT2D eigenvalue weighted by atomic mass is 10.2. The molecule has 0 fully saturated rings. The fourth-order valence-corrected chi connectivity index (χ4v) is 1.21. The van der Waals surface area contributed by atoms with Gasteiger partial charge in [0.2, 0.25) is 0 Å². The van der Waals surface area contributed by atoms with Gasteiger partial charge in [-0.1, -0.05) is 0 Å². The molecule has 15 heavy (non-hydrogen) atoms. The zero-order chi connectivity index (χ0) is 10.7. The number of halogens is 1. The highest BCUT2D eigenvalue weighted by atomic mass is 19.1. The molecule has 0 spiro atoms. The van der Waals surface area contributed by atoms with Crippen molar-refractivity contribution in [2.24, 2.45) is 0 Å². The van der Waals surface area contributed by atoms with Gasteiger partial charge in [0.1, 0.15) is 5.82 Å². The van der Waals surface area contributed by atoms with E-state index in [0.29, 0.717) is 5.69 Å². The standard InChI is InChI=1S/C11H10FN3/c12-10-7-9(1-2-11(10)13)15-8-3-5-14-6-4-8/h1-7H,13H2,(H,14,15). The molecule has 0 amide bonds. The molecule has 0 unspecified atom stereocenters. The van der Waals surface area contributed by atoms with Crippen LogP contribution in [0.15, 0.2) is 42.7 Å². The number of nitrogens with one attached hydrogen (secondary N) is 1. The lowest BCUT2D eigenvalue weighted by Gasteiger charge is -2.06. The predicted molar refractivity (Wildman–Crippen MR) is 58.3 cm³/mol. The van der Waals surface area contributed by atoms with Gasteiger partial charge < -0.3 is 11.1 Å². The molecule has 2 aromatic rings. The van der Waals surface area contributed by atoms with E-state index in [2.05, 4.69) is 10.3 Å². The number of nitrogens with two attached hydrogens (primary N) is 1. The van der Waals surface area contributed by atoms with Gasteiger partial charge in [0.15, 0.2) is 0 Å². The topological polar surface area (TPSA) is 50.9 Å². The van der Waals surface area contributed by atoms with Gasteiger partial charge in [0.05, 0.1) is 5.69 Å². The number of nitrogen functional groups attached to an aromatic ring is 1. The molecule has 1 aromatic carbocycles. The Labute approximate surface area is 86.8 Å². The van der Waals surface area contributed by atoms with Crippen molar-refractivity contribution in [3.8, 4) is 0 Å². The smallest absolute Gasteiger partial charge is 0.148 e. The molecule has 0 bridgehead atoms. The summed E-state index contributed by atoms with van der Waals surface area (Å²) in [5, 5.41) is 3.04. The first-order valence-electron chi connectivity index (χ1n) is 4.48. The summed E-state index contributed by atoms with van der Waals surface area (Å²) >= 11 is 0. The van der Waals surface area contributed by atoms with Gasteiger partial charge in [0, 0.05) is 23.8 Å². The Balaban J connectivity index is 2.22. The third-order valence-electron chi connectivity index (χ3n) is 1.97. The Morgan fingerprint density at radius 2 is 1.80 bits per heavy atom. The van der Waals surface area contributed by atoms with Crippen LogP contribution >= 0.6 is 0 Å². The number of benzene rings is 1. The van der Waals surface area contributed by atoms with Crippen LogP contribution in [-0.2, 0) is 0 Å². The number of nitrogens with zero attached hydrogens (tertiary/aromatic N) is 1. The van der Waals surface area contributed by atoms with Gasteiger partial charge in [-0.25, -0.2) is 4.39 Å². The quantitative estimate of drug-likeness (QED) is 0.737. The van der Waals surface area contributed by atoms with Crippen molar-refractivity contribution in [2.45, 2.75) is 0 Å². The number of hydrogen-bond acceptors (Lipinski definition) is 3. The van der Waals surface area contributed by atoms with E-state index in [1.165, 1.54) is 12.1 Å². The second-order valence-electron chi connectivity index (χ2n) is 3.10.